The van der Waals surface area contributed by atoms with Gasteiger partial charge in [-0.3, -0.25) is 19.3 Å². The Morgan fingerprint density at radius 2 is 1.84 bits per heavy atom. The smallest absolute Gasteiger partial charge is 0.327 e. The van der Waals surface area contributed by atoms with Gasteiger partial charge < -0.3 is 14.5 Å². The number of hydrogen-bond donors (Lipinski definition) is 0. The van der Waals surface area contributed by atoms with Gasteiger partial charge in [0.05, 0.1) is 0 Å². The van der Waals surface area contributed by atoms with Gasteiger partial charge in [-0.15, -0.1) is 0 Å². The highest BCUT2D eigenvalue weighted by Gasteiger charge is 2.35. The van der Waals surface area contributed by atoms with Crippen LogP contribution < -0.4 is 4.90 Å². The molecule has 8 nitrogen and oxygen atoms in total. The van der Waals surface area contributed by atoms with E-state index < -0.39 is 31.1 Å². The summed E-state index contributed by atoms with van der Waals surface area (Å²) in [5.74, 6) is -1.66. The summed E-state index contributed by atoms with van der Waals surface area (Å²) >= 11 is 0. The molecule has 0 atom stereocenters. The van der Waals surface area contributed by atoms with Crippen molar-refractivity contribution in [2.75, 3.05) is 31.6 Å². The van der Waals surface area contributed by atoms with Gasteiger partial charge in [0.15, 0.2) is 6.61 Å². The van der Waals surface area contributed by atoms with Crippen molar-refractivity contribution in [3.05, 3.63) is 30.3 Å². The average Bonchev–Trinajstić information content (AvgIpc) is 2.80. The van der Waals surface area contributed by atoms with Gasteiger partial charge in [0, 0.05) is 18.8 Å². The first-order chi connectivity index (χ1) is 11.8. The zero-order valence-corrected chi connectivity index (χ0v) is 14.5. The summed E-state index contributed by atoms with van der Waals surface area (Å²) in [5.41, 5.74) is 0.699. The molecule has 0 unspecified atom stereocenters. The van der Waals surface area contributed by atoms with E-state index in [2.05, 4.69) is 0 Å². The second-order valence-electron chi connectivity index (χ2n) is 5.97. The van der Waals surface area contributed by atoms with Crippen LogP contribution >= 0.6 is 0 Å². The first kappa shape index (κ1) is 18.4. The number of hydrogen-bond acceptors (Lipinski definition) is 5. The minimum Gasteiger partial charge on any atom is -0.454 e. The van der Waals surface area contributed by atoms with Gasteiger partial charge in [-0.2, -0.15) is 0 Å². The number of amides is 4. The Kier molecular flexibility index (Phi) is 5.74. The fourth-order valence-corrected chi connectivity index (χ4v) is 2.53. The lowest BCUT2D eigenvalue weighted by molar-refractivity contribution is -0.150. The van der Waals surface area contributed by atoms with Crippen LogP contribution in [0.1, 0.15) is 13.8 Å². The molecule has 0 bridgehead atoms. The van der Waals surface area contributed by atoms with E-state index in [0.29, 0.717) is 5.69 Å². The Bertz CT molecular complexity index is 674. The number of rotatable bonds is 6. The van der Waals surface area contributed by atoms with Crippen LogP contribution in [0.4, 0.5) is 10.5 Å². The Morgan fingerprint density at radius 3 is 2.36 bits per heavy atom. The minimum atomic E-state index is -0.804. The maximum absolute atomic E-state index is 12.4. The molecule has 8 heteroatoms. The molecular weight excluding hydrogens is 326 g/mol. The van der Waals surface area contributed by atoms with E-state index >= 15 is 0 Å². The number of likely N-dealkylation sites (N-methyl/N-ethyl adjacent to an activating group) is 1. The second-order valence-corrected chi connectivity index (χ2v) is 5.97. The fraction of sp³-hybridized carbons (Fsp3) is 0.412. The van der Waals surface area contributed by atoms with Crippen LogP contribution in [0.25, 0.3) is 0 Å². The maximum atomic E-state index is 12.4. The van der Waals surface area contributed by atoms with Gasteiger partial charge >= 0.3 is 12.0 Å². The van der Waals surface area contributed by atoms with Crippen LogP contribution in [-0.2, 0) is 19.1 Å². The van der Waals surface area contributed by atoms with Crippen molar-refractivity contribution in [1.82, 2.24) is 9.80 Å². The fourth-order valence-electron chi connectivity index (χ4n) is 2.53. The highest BCUT2D eigenvalue weighted by atomic mass is 16.5. The van der Waals surface area contributed by atoms with E-state index in [1.54, 1.807) is 12.1 Å². The number of carbonyl (C=O) groups excluding carboxylic acids is 4. The lowest BCUT2D eigenvalue weighted by atomic mass is 10.2. The number of anilines is 1. The predicted molar refractivity (Wildman–Crippen MR) is 89.8 cm³/mol. The van der Waals surface area contributed by atoms with Gasteiger partial charge in [-0.05, 0) is 26.0 Å². The predicted octanol–water partition coefficient (Wildman–Crippen LogP) is 0.865. The Balaban J connectivity index is 1.93. The number of esters is 1. The van der Waals surface area contributed by atoms with Gasteiger partial charge in [-0.25, -0.2) is 4.79 Å². The van der Waals surface area contributed by atoms with Crippen LogP contribution in [-0.4, -0.2) is 66.4 Å². The lowest BCUT2D eigenvalue weighted by Crippen LogP contribution is -2.41. The number of ether oxygens (including phenoxy) is 1. The topological polar surface area (TPSA) is 87.2 Å². The van der Waals surface area contributed by atoms with Crippen molar-refractivity contribution < 1.29 is 23.9 Å². The van der Waals surface area contributed by atoms with Crippen LogP contribution in [0, 0.1) is 0 Å². The van der Waals surface area contributed by atoms with Gasteiger partial charge in [-0.1, -0.05) is 18.2 Å². The molecule has 1 aliphatic rings. The molecule has 0 saturated carbocycles. The maximum Gasteiger partial charge on any atom is 0.327 e. The van der Waals surface area contributed by atoms with Crippen molar-refractivity contribution in [3.8, 4) is 0 Å². The van der Waals surface area contributed by atoms with Gasteiger partial charge in [0.1, 0.15) is 13.1 Å². The third-order valence-corrected chi connectivity index (χ3v) is 3.69. The number of nitrogens with zero attached hydrogens (tertiary/aromatic N) is 3. The number of urea groups is 1. The summed E-state index contributed by atoms with van der Waals surface area (Å²) in [6, 6.07) is 8.36. The van der Waals surface area contributed by atoms with E-state index in [-0.39, 0.29) is 18.5 Å². The molecule has 2 rings (SSSR count). The summed E-state index contributed by atoms with van der Waals surface area (Å²) in [6.45, 7) is 2.68. The molecule has 0 N–H and O–H groups in total. The summed E-state index contributed by atoms with van der Waals surface area (Å²) < 4.78 is 4.96. The lowest BCUT2D eigenvalue weighted by Gasteiger charge is -2.26. The third kappa shape index (κ3) is 4.34. The number of imide groups is 1. The molecule has 0 aromatic heterocycles. The Labute approximate surface area is 145 Å². The molecule has 1 aliphatic heterocycles. The van der Waals surface area contributed by atoms with E-state index in [9.17, 15) is 19.2 Å². The standard InChI is InChI=1S/C17H21N3O5/c1-12(2)20(13-7-5-4-6-8-13)15(22)11-25-16(23)10-19-14(21)9-18(3)17(19)24/h4-8,12H,9-11H2,1-3H3. The molecule has 0 spiro atoms. The Morgan fingerprint density at radius 1 is 1.20 bits per heavy atom. The van der Waals surface area contributed by atoms with E-state index in [0.717, 1.165) is 4.90 Å². The monoisotopic (exact) mass is 347 g/mol. The number of benzene rings is 1. The van der Waals surface area contributed by atoms with Crippen LogP contribution in [0.3, 0.4) is 0 Å². The number of para-hydroxylation sites is 1. The quantitative estimate of drug-likeness (QED) is 0.563. The van der Waals surface area contributed by atoms with Crippen molar-refractivity contribution in [2.24, 2.45) is 0 Å². The first-order valence-corrected chi connectivity index (χ1v) is 7.89. The summed E-state index contributed by atoms with van der Waals surface area (Å²) in [7, 11) is 1.47. The summed E-state index contributed by atoms with van der Waals surface area (Å²) in [5, 5.41) is 0. The zero-order valence-electron chi connectivity index (χ0n) is 14.5. The van der Waals surface area contributed by atoms with E-state index in [1.165, 1.54) is 16.8 Å². The average molecular weight is 347 g/mol. The van der Waals surface area contributed by atoms with Gasteiger partial charge in [0.2, 0.25) is 0 Å². The Hall–Kier alpha value is -2.90. The second kappa shape index (κ2) is 7.78. The molecular formula is C17H21N3O5. The van der Waals surface area contributed by atoms with Crippen molar-refractivity contribution in [1.29, 1.82) is 0 Å². The molecule has 25 heavy (non-hydrogen) atoms. The minimum absolute atomic E-state index is 0.0693. The van der Waals surface area contributed by atoms with Crippen LogP contribution in [0.5, 0.6) is 0 Å². The molecule has 0 radical (unpaired) electrons. The van der Waals surface area contributed by atoms with E-state index in [1.807, 2.05) is 32.0 Å². The highest BCUT2D eigenvalue weighted by Crippen LogP contribution is 2.16. The van der Waals surface area contributed by atoms with E-state index in [4.69, 9.17) is 4.74 Å². The van der Waals surface area contributed by atoms with Crippen LogP contribution in [0.2, 0.25) is 0 Å². The SMILES string of the molecule is CC(C)N(C(=O)COC(=O)CN1C(=O)CN(C)C1=O)c1ccccc1. The highest BCUT2D eigenvalue weighted by molar-refractivity contribution is 6.04. The van der Waals surface area contributed by atoms with Crippen molar-refractivity contribution in [2.45, 2.75) is 19.9 Å². The van der Waals surface area contributed by atoms with Crippen molar-refractivity contribution >= 4 is 29.5 Å². The third-order valence-electron chi connectivity index (χ3n) is 3.69. The molecule has 134 valence electrons. The normalized spacial score (nSPS) is 14.2. The van der Waals surface area contributed by atoms with Gasteiger partial charge in [0.25, 0.3) is 11.8 Å². The molecule has 4 amide bonds. The molecule has 1 aromatic carbocycles. The van der Waals surface area contributed by atoms with Crippen LogP contribution in [0.15, 0.2) is 30.3 Å². The largest absolute Gasteiger partial charge is 0.454 e. The molecule has 1 fully saturated rings. The summed E-state index contributed by atoms with van der Waals surface area (Å²) in [6.07, 6.45) is 0. The molecule has 1 aromatic rings. The molecule has 0 aliphatic carbocycles. The molecule has 1 heterocycles. The van der Waals surface area contributed by atoms with Crippen molar-refractivity contribution in [3.63, 3.8) is 0 Å². The number of carbonyl (C=O) groups is 4. The first-order valence-electron chi connectivity index (χ1n) is 7.89. The zero-order chi connectivity index (χ0) is 18.6. The summed E-state index contributed by atoms with van der Waals surface area (Å²) in [4.78, 5) is 51.2. The molecule has 1 saturated heterocycles.